The first-order valence-corrected chi connectivity index (χ1v) is 4.93. The van der Waals surface area contributed by atoms with Crippen LogP contribution in [0.2, 0.25) is 0 Å². The van der Waals surface area contributed by atoms with Crippen molar-refractivity contribution in [1.29, 1.82) is 0 Å². The molecule has 0 aliphatic rings. The van der Waals surface area contributed by atoms with Gasteiger partial charge in [-0.05, 0) is 25.4 Å². The van der Waals surface area contributed by atoms with Crippen LogP contribution in [0.3, 0.4) is 0 Å². The summed E-state index contributed by atoms with van der Waals surface area (Å²) in [6.07, 6.45) is 2.85. The van der Waals surface area contributed by atoms with Crippen LogP contribution in [0.25, 0.3) is 0 Å². The Labute approximate surface area is 72.2 Å². The van der Waals surface area contributed by atoms with E-state index in [0.29, 0.717) is 5.57 Å². The Morgan fingerprint density at radius 1 is 1.73 bits per heavy atom. The molecule has 0 amide bonds. The summed E-state index contributed by atoms with van der Waals surface area (Å²) in [7, 11) is 0. The number of hydrogen-bond acceptors (Lipinski definition) is 3. The lowest BCUT2D eigenvalue weighted by Gasteiger charge is -2.10. The number of carbonyl (C=O) groups excluding carboxylic acids is 1. The Kier molecular flexibility index (Phi) is 5.24. The third kappa shape index (κ3) is 4.22. The van der Waals surface area contributed by atoms with Gasteiger partial charge < -0.3 is 5.73 Å². The summed E-state index contributed by atoms with van der Waals surface area (Å²) in [5.41, 5.74) is 6.21. The van der Waals surface area contributed by atoms with Crippen molar-refractivity contribution in [3.05, 3.63) is 12.2 Å². The van der Waals surface area contributed by atoms with Gasteiger partial charge in [0.1, 0.15) is 0 Å². The van der Waals surface area contributed by atoms with E-state index in [4.69, 9.17) is 5.73 Å². The van der Waals surface area contributed by atoms with Gasteiger partial charge in [0.2, 0.25) is 0 Å². The molecule has 0 aromatic carbocycles. The summed E-state index contributed by atoms with van der Waals surface area (Å²) >= 11 is 1.73. The first kappa shape index (κ1) is 10.7. The first-order chi connectivity index (χ1) is 5.09. The molecule has 0 aromatic rings. The van der Waals surface area contributed by atoms with Gasteiger partial charge in [-0.3, -0.25) is 4.79 Å². The Balaban J connectivity index is 3.73. The maximum absolute atomic E-state index is 10.8. The molecular weight excluding hydrogens is 158 g/mol. The van der Waals surface area contributed by atoms with Crippen molar-refractivity contribution in [2.75, 3.05) is 12.0 Å². The average Bonchev–Trinajstić information content (AvgIpc) is 1.98. The van der Waals surface area contributed by atoms with E-state index in [0.717, 1.165) is 12.2 Å². The van der Waals surface area contributed by atoms with Crippen molar-refractivity contribution >= 4 is 17.5 Å². The fourth-order valence-corrected chi connectivity index (χ4v) is 1.17. The van der Waals surface area contributed by atoms with Gasteiger partial charge in [0, 0.05) is 11.6 Å². The maximum atomic E-state index is 10.8. The van der Waals surface area contributed by atoms with Gasteiger partial charge in [-0.25, -0.2) is 0 Å². The molecule has 2 N–H and O–H groups in total. The lowest BCUT2D eigenvalue weighted by molar-refractivity contribution is -0.113. The minimum absolute atomic E-state index is 0.00129. The number of carbonyl (C=O) groups is 1. The molecule has 3 heteroatoms. The summed E-state index contributed by atoms with van der Waals surface area (Å²) in [5.74, 6) is 0.978. The molecule has 0 spiro atoms. The molecule has 0 heterocycles. The van der Waals surface area contributed by atoms with Crippen LogP contribution in [0.4, 0.5) is 0 Å². The van der Waals surface area contributed by atoms with E-state index >= 15 is 0 Å². The van der Waals surface area contributed by atoms with Crippen molar-refractivity contribution in [2.24, 2.45) is 5.73 Å². The van der Waals surface area contributed by atoms with Crippen LogP contribution in [0.15, 0.2) is 12.2 Å². The molecule has 1 atom stereocenters. The quantitative estimate of drug-likeness (QED) is 0.635. The van der Waals surface area contributed by atoms with Crippen LogP contribution in [0, 0.1) is 0 Å². The van der Waals surface area contributed by atoms with Crippen LogP contribution in [-0.4, -0.2) is 23.8 Å². The molecule has 0 aliphatic heterocycles. The molecule has 11 heavy (non-hydrogen) atoms. The Morgan fingerprint density at radius 2 is 2.27 bits per heavy atom. The summed E-state index contributed by atoms with van der Waals surface area (Å²) in [5, 5.41) is 0. The van der Waals surface area contributed by atoms with Gasteiger partial charge in [0.25, 0.3) is 0 Å². The number of rotatable bonds is 5. The second-order valence-corrected chi connectivity index (χ2v) is 3.45. The topological polar surface area (TPSA) is 43.1 Å². The number of thioether (sulfide) groups is 1. The number of Topliss-reactive ketones (excluding diaryl/α,β-unsaturated/α-hetero) is 1. The molecule has 0 aliphatic carbocycles. The van der Waals surface area contributed by atoms with E-state index in [1.54, 1.807) is 11.8 Å². The highest BCUT2D eigenvalue weighted by atomic mass is 32.2. The standard InChI is InChI=1S/C8H15NOS/c1-6(7(2)10)8(9)4-5-11-3/h8H,1,4-5,9H2,2-3H3/t8-/m0/s1. The highest BCUT2D eigenvalue weighted by Crippen LogP contribution is 2.06. The lowest BCUT2D eigenvalue weighted by atomic mass is 10.0. The highest BCUT2D eigenvalue weighted by molar-refractivity contribution is 7.98. The third-order valence-corrected chi connectivity index (χ3v) is 2.18. The maximum Gasteiger partial charge on any atom is 0.156 e. The Morgan fingerprint density at radius 3 is 2.64 bits per heavy atom. The summed E-state index contributed by atoms with van der Waals surface area (Å²) in [6, 6.07) is -0.153. The summed E-state index contributed by atoms with van der Waals surface area (Å²) < 4.78 is 0. The number of hydrogen-bond donors (Lipinski definition) is 1. The fourth-order valence-electron chi connectivity index (χ4n) is 0.680. The first-order valence-electron chi connectivity index (χ1n) is 3.53. The van der Waals surface area contributed by atoms with Crippen molar-refractivity contribution < 1.29 is 4.79 Å². The molecule has 0 rings (SSSR count). The smallest absolute Gasteiger partial charge is 0.156 e. The van der Waals surface area contributed by atoms with Gasteiger partial charge in [-0.15, -0.1) is 0 Å². The van der Waals surface area contributed by atoms with Gasteiger partial charge in [0.15, 0.2) is 5.78 Å². The molecule has 0 saturated carbocycles. The average molecular weight is 173 g/mol. The van der Waals surface area contributed by atoms with E-state index in [2.05, 4.69) is 6.58 Å². The molecule has 0 bridgehead atoms. The minimum Gasteiger partial charge on any atom is -0.324 e. The van der Waals surface area contributed by atoms with Crippen molar-refractivity contribution in [1.82, 2.24) is 0 Å². The monoisotopic (exact) mass is 173 g/mol. The molecular formula is C8H15NOS. The van der Waals surface area contributed by atoms with Crippen molar-refractivity contribution in [3.63, 3.8) is 0 Å². The van der Waals surface area contributed by atoms with E-state index in [1.165, 1.54) is 6.92 Å². The van der Waals surface area contributed by atoms with E-state index in [9.17, 15) is 4.79 Å². The molecule has 2 nitrogen and oxygen atoms in total. The second-order valence-electron chi connectivity index (χ2n) is 2.47. The predicted molar refractivity (Wildman–Crippen MR) is 50.8 cm³/mol. The van der Waals surface area contributed by atoms with Crippen LogP contribution < -0.4 is 5.73 Å². The van der Waals surface area contributed by atoms with Crippen LogP contribution >= 0.6 is 11.8 Å². The van der Waals surface area contributed by atoms with Crippen molar-refractivity contribution in [3.8, 4) is 0 Å². The van der Waals surface area contributed by atoms with Gasteiger partial charge in [0.05, 0.1) is 0 Å². The molecule has 0 radical (unpaired) electrons. The fraction of sp³-hybridized carbons (Fsp3) is 0.625. The zero-order valence-electron chi connectivity index (χ0n) is 7.09. The zero-order valence-corrected chi connectivity index (χ0v) is 7.91. The van der Waals surface area contributed by atoms with Gasteiger partial charge >= 0.3 is 0 Å². The highest BCUT2D eigenvalue weighted by Gasteiger charge is 2.09. The minimum atomic E-state index is -0.153. The molecule has 0 aromatic heterocycles. The third-order valence-electron chi connectivity index (χ3n) is 1.53. The largest absolute Gasteiger partial charge is 0.324 e. The second kappa shape index (κ2) is 5.38. The van der Waals surface area contributed by atoms with Gasteiger partial charge in [-0.1, -0.05) is 6.58 Å². The number of nitrogens with two attached hydrogens (primary N) is 1. The normalized spacial score (nSPS) is 12.6. The Bertz CT molecular complexity index is 156. The van der Waals surface area contributed by atoms with E-state index < -0.39 is 0 Å². The van der Waals surface area contributed by atoms with E-state index in [-0.39, 0.29) is 11.8 Å². The molecule has 64 valence electrons. The lowest BCUT2D eigenvalue weighted by Crippen LogP contribution is -2.26. The number of ketones is 1. The molecule has 0 saturated heterocycles. The summed E-state index contributed by atoms with van der Waals surface area (Å²) in [4.78, 5) is 10.8. The van der Waals surface area contributed by atoms with Crippen LogP contribution in [0.1, 0.15) is 13.3 Å². The summed E-state index contributed by atoms with van der Waals surface area (Å²) in [6.45, 7) is 5.12. The van der Waals surface area contributed by atoms with Crippen LogP contribution in [0.5, 0.6) is 0 Å². The van der Waals surface area contributed by atoms with Crippen LogP contribution in [-0.2, 0) is 4.79 Å². The molecule has 0 fully saturated rings. The van der Waals surface area contributed by atoms with Crippen molar-refractivity contribution in [2.45, 2.75) is 19.4 Å². The Hall–Kier alpha value is -0.280. The van der Waals surface area contributed by atoms with Gasteiger partial charge in [-0.2, -0.15) is 11.8 Å². The zero-order chi connectivity index (χ0) is 8.85. The SMILES string of the molecule is C=C(C(C)=O)[C@@H](N)CCSC. The van der Waals surface area contributed by atoms with E-state index in [1.807, 2.05) is 6.26 Å². The predicted octanol–water partition coefficient (Wildman–Crippen LogP) is 1.21. The molecule has 0 unspecified atom stereocenters.